The van der Waals surface area contributed by atoms with Gasteiger partial charge in [-0.25, -0.2) is 0 Å². The molecule has 0 N–H and O–H groups in total. The number of carbonyl (C=O) groups is 1. The Morgan fingerprint density at radius 1 is 1.45 bits per heavy atom. The Morgan fingerprint density at radius 2 is 2.25 bits per heavy atom. The highest BCUT2D eigenvalue weighted by Crippen LogP contribution is 2.36. The van der Waals surface area contributed by atoms with Crippen LogP contribution in [0.1, 0.15) is 39.0 Å². The lowest BCUT2D eigenvalue weighted by Gasteiger charge is -2.40. The van der Waals surface area contributed by atoms with Crippen LogP contribution in [-0.2, 0) is 14.3 Å². The average molecular weight is 279 g/mol. The summed E-state index contributed by atoms with van der Waals surface area (Å²) in [5.41, 5.74) is -0.139. The van der Waals surface area contributed by atoms with Gasteiger partial charge in [0.1, 0.15) is 0 Å². The summed E-state index contributed by atoms with van der Waals surface area (Å²) < 4.78 is 11.7. The van der Waals surface area contributed by atoms with E-state index in [1.54, 1.807) is 0 Å². The van der Waals surface area contributed by atoms with Crippen LogP contribution in [0.25, 0.3) is 0 Å². The molecule has 2 atom stereocenters. The van der Waals surface area contributed by atoms with Crippen molar-refractivity contribution >= 4 is 5.91 Å². The predicted molar refractivity (Wildman–Crippen MR) is 76.4 cm³/mol. The fraction of sp³-hybridized carbons (Fsp3) is 0.812. The normalized spacial score (nSPS) is 34.2. The summed E-state index contributed by atoms with van der Waals surface area (Å²) in [5.74, 6) is 0.492. The van der Waals surface area contributed by atoms with E-state index in [1.807, 2.05) is 11.8 Å². The number of amides is 1. The van der Waals surface area contributed by atoms with E-state index in [1.165, 1.54) is 0 Å². The van der Waals surface area contributed by atoms with Gasteiger partial charge in [0.2, 0.25) is 5.91 Å². The molecular formula is C16H25NO3. The molecule has 0 unspecified atom stereocenters. The highest BCUT2D eigenvalue weighted by molar-refractivity contribution is 5.79. The molecule has 4 nitrogen and oxygen atoms in total. The van der Waals surface area contributed by atoms with Gasteiger partial charge in [-0.2, -0.15) is 0 Å². The van der Waals surface area contributed by atoms with E-state index in [9.17, 15) is 4.79 Å². The summed E-state index contributed by atoms with van der Waals surface area (Å²) in [6, 6.07) is 0. The fourth-order valence-electron chi connectivity index (χ4n) is 3.79. The molecule has 3 aliphatic rings. The summed E-state index contributed by atoms with van der Waals surface area (Å²) >= 11 is 0. The molecule has 1 spiro atoms. The zero-order chi connectivity index (χ0) is 14.0. The van der Waals surface area contributed by atoms with Crippen LogP contribution in [0.5, 0.6) is 0 Å². The monoisotopic (exact) mass is 279 g/mol. The molecule has 1 amide bonds. The van der Waals surface area contributed by atoms with Gasteiger partial charge in [0.15, 0.2) is 0 Å². The van der Waals surface area contributed by atoms with Crippen molar-refractivity contribution in [3.05, 3.63) is 12.2 Å². The molecule has 2 fully saturated rings. The van der Waals surface area contributed by atoms with Crippen LogP contribution in [0.2, 0.25) is 0 Å². The molecule has 1 aliphatic carbocycles. The van der Waals surface area contributed by atoms with Crippen LogP contribution in [0.3, 0.4) is 0 Å². The molecule has 2 saturated heterocycles. The van der Waals surface area contributed by atoms with E-state index in [2.05, 4.69) is 12.2 Å². The number of nitrogens with zero attached hydrogens (tertiary/aromatic N) is 1. The second-order valence-electron chi connectivity index (χ2n) is 6.28. The van der Waals surface area contributed by atoms with Gasteiger partial charge in [0, 0.05) is 32.0 Å². The van der Waals surface area contributed by atoms with Crippen molar-refractivity contribution in [3.8, 4) is 0 Å². The number of hydrogen-bond acceptors (Lipinski definition) is 3. The number of allylic oxidation sites excluding steroid dienone is 2. The first-order valence-corrected chi connectivity index (χ1v) is 7.92. The molecule has 2 heterocycles. The number of hydrogen-bond donors (Lipinski definition) is 0. The van der Waals surface area contributed by atoms with Gasteiger partial charge in [-0.1, -0.05) is 12.2 Å². The number of carbonyl (C=O) groups excluding carboxylic acids is 1. The summed E-state index contributed by atoms with van der Waals surface area (Å²) in [6.07, 6.45) is 9.32. The van der Waals surface area contributed by atoms with Crippen LogP contribution < -0.4 is 0 Å². The lowest BCUT2D eigenvalue weighted by Crippen LogP contribution is -2.51. The maximum absolute atomic E-state index is 12.5. The van der Waals surface area contributed by atoms with Crippen molar-refractivity contribution in [3.63, 3.8) is 0 Å². The summed E-state index contributed by atoms with van der Waals surface area (Å²) in [6.45, 7) is 5.09. The average Bonchev–Trinajstić information content (AvgIpc) is 3.09. The minimum absolute atomic E-state index is 0.139. The number of ether oxygens (including phenoxy) is 2. The third-order valence-corrected chi connectivity index (χ3v) is 4.79. The molecule has 0 aromatic heterocycles. The topological polar surface area (TPSA) is 38.8 Å². The molecule has 2 aliphatic heterocycles. The molecule has 0 aromatic carbocycles. The van der Waals surface area contributed by atoms with E-state index < -0.39 is 0 Å². The van der Waals surface area contributed by atoms with Crippen molar-refractivity contribution in [1.82, 2.24) is 4.90 Å². The number of piperidine rings is 1. The molecule has 20 heavy (non-hydrogen) atoms. The third kappa shape index (κ3) is 2.77. The Bertz CT molecular complexity index is 387. The zero-order valence-corrected chi connectivity index (χ0v) is 12.3. The van der Waals surface area contributed by atoms with E-state index in [0.717, 1.165) is 51.8 Å². The summed E-state index contributed by atoms with van der Waals surface area (Å²) in [7, 11) is 0. The quantitative estimate of drug-likeness (QED) is 0.743. The highest BCUT2D eigenvalue weighted by Gasteiger charge is 2.45. The van der Waals surface area contributed by atoms with E-state index in [0.29, 0.717) is 12.5 Å². The Balaban J connectivity index is 1.60. The Kier molecular flexibility index (Phi) is 4.13. The van der Waals surface area contributed by atoms with Gasteiger partial charge in [-0.15, -0.1) is 0 Å². The first-order chi connectivity index (χ1) is 9.72. The smallest absolute Gasteiger partial charge is 0.226 e. The molecule has 0 saturated carbocycles. The Morgan fingerprint density at radius 3 is 3.00 bits per heavy atom. The van der Waals surface area contributed by atoms with E-state index >= 15 is 0 Å². The van der Waals surface area contributed by atoms with Gasteiger partial charge >= 0.3 is 0 Å². The maximum Gasteiger partial charge on any atom is 0.226 e. The standard InChI is InChI=1S/C16H25NO3/c1-2-19-14-10-16(20-11-14)8-5-9-17(12-16)15(18)13-6-3-4-7-13/h3-4,13-14H,2,5-12H2,1H3/t14-,16+/m0/s1. The molecule has 0 aromatic rings. The number of likely N-dealkylation sites (tertiary alicyclic amines) is 1. The first-order valence-electron chi connectivity index (χ1n) is 7.92. The largest absolute Gasteiger partial charge is 0.376 e. The SMILES string of the molecule is CCO[C@@H]1CO[C@]2(CCCN(C(=O)C3CC=CC3)C2)C1. The van der Waals surface area contributed by atoms with Crippen molar-refractivity contribution < 1.29 is 14.3 Å². The molecule has 3 rings (SSSR count). The second kappa shape index (κ2) is 5.86. The van der Waals surface area contributed by atoms with Gasteiger partial charge in [0.25, 0.3) is 0 Å². The van der Waals surface area contributed by atoms with Crippen LogP contribution in [-0.4, -0.2) is 48.8 Å². The van der Waals surface area contributed by atoms with Crippen molar-refractivity contribution in [2.24, 2.45) is 5.92 Å². The zero-order valence-electron chi connectivity index (χ0n) is 12.3. The van der Waals surface area contributed by atoms with Crippen molar-refractivity contribution in [2.75, 3.05) is 26.3 Å². The molecule has 112 valence electrons. The van der Waals surface area contributed by atoms with Crippen molar-refractivity contribution in [2.45, 2.75) is 50.7 Å². The summed E-state index contributed by atoms with van der Waals surface area (Å²) in [5, 5.41) is 0. The maximum atomic E-state index is 12.5. The minimum atomic E-state index is -0.139. The molecule has 0 radical (unpaired) electrons. The minimum Gasteiger partial charge on any atom is -0.376 e. The van der Waals surface area contributed by atoms with Gasteiger partial charge in [0.05, 0.1) is 18.3 Å². The molecule has 0 bridgehead atoms. The number of rotatable bonds is 3. The Labute approximate surface area is 121 Å². The highest BCUT2D eigenvalue weighted by atomic mass is 16.6. The van der Waals surface area contributed by atoms with Crippen LogP contribution in [0.4, 0.5) is 0 Å². The lowest BCUT2D eigenvalue weighted by molar-refractivity contribution is -0.143. The van der Waals surface area contributed by atoms with Crippen LogP contribution in [0, 0.1) is 5.92 Å². The third-order valence-electron chi connectivity index (χ3n) is 4.79. The van der Waals surface area contributed by atoms with Crippen LogP contribution >= 0.6 is 0 Å². The van der Waals surface area contributed by atoms with Crippen molar-refractivity contribution in [1.29, 1.82) is 0 Å². The Hall–Kier alpha value is -0.870. The van der Waals surface area contributed by atoms with Gasteiger partial charge in [-0.3, -0.25) is 4.79 Å². The van der Waals surface area contributed by atoms with Gasteiger partial charge in [-0.05, 0) is 32.6 Å². The second-order valence-corrected chi connectivity index (χ2v) is 6.28. The van der Waals surface area contributed by atoms with E-state index in [-0.39, 0.29) is 17.6 Å². The predicted octanol–water partition coefficient (Wildman–Crippen LogP) is 2.14. The summed E-state index contributed by atoms with van der Waals surface area (Å²) in [4.78, 5) is 14.6. The van der Waals surface area contributed by atoms with Gasteiger partial charge < -0.3 is 14.4 Å². The fourth-order valence-corrected chi connectivity index (χ4v) is 3.79. The first kappa shape index (κ1) is 14.1. The van der Waals surface area contributed by atoms with E-state index in [4.69, 9.17) is 9.47 Å². The van der Waals surface area contributed by atoms with Crippen LogP contribution in [0.15, 0.2) is 12.2 Å². The molecule has 4 heteroatoms. The lowest BCUT2D eigenvalue weighted by atomic mass is 9.88. The molecular weight excluding hydrogens is 254 g/mol.